The highest BCUT2D eigenvalue weighted by Crippen LogP contribution is 2.22. The number of carbonyl (C=O) groups excluding carboxylic acids is 2. The molecule has 1 heterocycles. The molecule has 3 rings (SSSR count). The third-order valence-corrected chi connectivity index (χ3v) is 4.23. The van der Waals surface area contributed by atoms with Gasteiger partial charge in [-0.1, -0.05) is 22.0 Å². The van der Waals surface area contributed by atoms with Crippen molar-refractivity contribution in [2.45, 2.75) is 13.0 Å². The van der Waals surface area contributed by atoms with Crippen LogP contribution in [-0.4, -0.2) is 17.9 Å². The minimum absolute atomic E-state index is 0.000173. The van der Waals surface area contributed by atoms with Crippen LogP contribution in [0.5, 0.6) is 5.75 Å². The zero-order valence-electron chi connectivity index (χ0n) is 14.7. The molecule has 8 heteroatoms. The number of benzene rings is 2. The molecule has 1 unspecified atom stereocenters. The number of hydrogen-bond donors (Lipinski definition) is 2. The summed E-state index contributed by atoms with van der Waals surface area (Å²) in [5.74, 6) is -0.605. The van der Waals surface area contributed by atoms with E-state index < -0.39 is 17.9 Å². The van der Waals surface area contributed by atoms with E-state index >= 15 is 0 Å². The van der Waals surface area contributed by atoms with E-state index in [1.807, 2.05) is 6.07 Å². The number of hydrogen-bond acceptors (Lipinski definition) is 4. The topological polar surface area (TPSA) is 80.6 Å². The maximum absolute atomic E-state index is 13.0. The Labute approximate surface area is 168 Å². The van der Waals surface area contributed by atoms with Crippen molar-refractivity contribution in [3.05, 3.63) is 76.7 Å². The van der Waals surface area contributed by atoms with E-state index in [2.05, 4.69) is 26.8 Å². The largest absolute Gasteiger partial charge is 0.481 e. The van der Waals surface area contributed by atoms with Gasteiger partial charge in [0.05, 0.1) is 0 Å². The van der Waals surface area contributed by atoms with Crippen molar-refractivity contribution < 1.29 is 23.1 Å². The summed E-state index contributed by atoms with van der Waals surface area (Å²) in [5.41, 5.74) is 5.18. The van der Waals surface area contributed by atoms with Crippen LogP contribution in [0.3, 0.4) is 0 Å². The van der Waals surface area contributed by atoms with Gasteiger partial charge in [-0.15, -0.1) is 0 Å². The van der Waals surface area contributed by atoms with Crippen LogP contribution < -0.4 is 15.6 Å². The average Bonchev–Trinajstić information content (AvgIpc) is 3.16. The number of hydrazine groups is 1. The second kappa shape index (κ2) is 8.71. The first-order valence-corrected chi connectivity index (χ1v) is 9.10. The van der Waals surface area contributed by atoms with E-state index in [0.717, 1.165) is 4.47 Å². The first-order valence-electron chi connectivity index (χ1n) is 8.30. The molecule has 1 aromatic heterocycles. The highest BCUT2D eigenvalue weighted by atomic mass is 79.9. The molecule has 144 valence electrons. The molecule has 0 saturated carbocycles. The fourth-order valence-corrected chi connectivity index (χ4v) is 2.69. The standard InChI is InChI=1S/C20H16BrFN2O4/c1-12(27-16-4-2-3-14(21)11-16)19(25)23-24-20(26)18-10-9-17(28-18)13-5-7-15(22)8-6-13/h2-12H,1H3,(H,23,25)(H,24,26). The lowest BCUT2D eigenvalue weighted by atomic mass is 10.2. The maximum atomic E-state index is 13.0. The molecule has 2 N–H and O–H groups in total. The SMILES string of the molecule is CC(Oc1cccc(Br)c1)C(=O)NNC(=O)c1ccc(-c2ccc(F)cc2)o1. The summed E-state index contributed by atoms with van der Waals surface area (Å²) in [7, 11) is 0. The molecule has 0 saturated heterocycles. The van der Waals surface area contributed by atoms with Gasteiger partial charge in [0.15, 0.2) is 11.9 Å². The van der Waals surface area contributed by atoms with Gasteiger partial charge in [0.25, 0.3) is 5.91 Å². The monoisotopic (exact) mass is 446 g/mol. The smallest absolute Gasteiger partial charge is 0.305 e. The molecule has 6 nitrogen and oxygen atoms in total. The Morgan fingerprint density at radius 1 is 1.07 bits per heavy atom. The van der Waals surface area contributed by atoms with Gasteiger partial charge in [0.1, 0.15) is 17.3 Å². The third kappa shape index (κ3) is 4.98. The minimum Gasteiger partial charge on any atom is -0.481 e. The first kappa shape index (κ1) is 19.6. The first-order chi connectivity index (χ1) is 13.4. The van der Waals surface area contributed by atoms with Crippen LogP contribution in [0.15, 0.2) is 69.6 Å². The molecule has 0 aliphatic rings. The normalized spacial score (nSPS) is 11.5. The molecular weight excluding hydrogens is 431 g/mol. The lowest BCUT2D eigenvalue weighted by Gasteiger charge is -2.15. The summed E-state index contributed by atoms with van der Waals surface area (Å²) >= 11 is 3.32. The Morgan fingerprint density at radius 3 is 2.54 bits per heavy atom. The van der Waals surface area contributed by atoms with Crippen LogP contribution >= 0.6 is 15.9 Å². The van der Waals surface area contributed by atoms with Crippen molar-refractivity contribution in [1.29, 1.82) is 0 Å². The van der Waals surface area contributed by atoms with Crippen molar-refractivity contribution in [1.82, 2.24) is 10.9 Å². The Balaban J connectivity index is 1.55. The second-order valence-corrected chi connectivity index (χ2v) is 6.75. The van der Waals surface area contributed by atoms with E-state index in [0.29, 0.717) is 17.1 Å². The lowest BCUT2D eigenvalue weighted by molar-refractivity contribution is -0.128. The van der Waals surface area contributed by atoms with Crippen molar-refractivity contribution in [2.75, 3.05) is 0 Å². The number of rotatable bonds is 5. The molecule has 1 atom stereocenters. The molecule has 0 fully saturated rings. The summed E-state index contributed by atoms with van der Waals surface area (Å²) in [6, 6.07) is 15.8. The molecule has 0 radical (unpaired) electrons. The van der Waals surface area contributed by atoms with Crippen molar-refractivity contribution >= 4 is 27.7 Å². The number of carbonyl (C=O) groups is 2. The molecule has 3 aromatic rings. The number of ether oxygens (including phenoxy) is 1. The molecule has 0 aliphatic carbocycles. The van der Waals surface area contributed by atoms with Crippen molar-refractivity contribution in [2.24, 2.45) is 0 Å². The molecule has 0 spiro atoms. The summed E-state index contributed by atoms with van der Waals surface area (Å²) < 4.78 is 24.8. The van der Waals surface area contributed by atoms with Crippen molar-refractivity contribution in [3.63, 3.8) is 0 Å². The van der Waals surface area contributed by atoms with Gasteiger partial charge in [0.2, 0.25) is 0 Å². The van der Waals surface area contributed by atoms with E-state index in [9.17, 15) is 14.0 Å². The second-order valence-electron chi connectivity index (χ2n) is 5.83. The van der Waals surface area contributed by atoms with Gasteiger partial charge in [-0.25, -0.2) is 4.39 Å². The van der Waals surface area contributed by atoms with Crippen LogP contribution in [0.4, 0.5) is 4.39 Å². The Morgan fingerprint density at radius 2 is 1.82 bits per heavy atom. The lowest BCUT2D eigenvalue weighted by Crippen LogP contribution is -2.47. The maximum Gasteiger partial charge on any atom is 0.305 e. The molecular formula is C20H16BrFN2O4. The van der Waals surface area contributed by atoms with Crippen molar-refractivity contribution in [3.8, 4) is 17.1 Å². The Bertz CT molecular complexity index is 988. The highest BCUT2D eigenvalue weighted by molar-refractivity contribution is 9.10. The van der Waals surface area contributed by atoms with Gasteiger partial charge in [-0.05, 0) is 61.5 Å². The fourth-order valence-electron chi connectivity index (χ4n) is 2.31. The summed E-state index contributed by atoms with van der Waals surface area (Å²) in [5, 5.41) is 0. The van der Waals surface area contributed by atoms with Gasteiger partial charge >= 0.3 is 5.91 Å². The van der Waals surface area contributed by atoms with E-state index in [1.54, 1.807) is 43.3 Å². The van der Waals surface area contributed by atoms with E-state index in [-0.39, 0.29) is 11.6 Å². The highest BCUT2D eigenvalue weighted by Gasteiger charge is 2.17. The predicted octanol–water partition coefficient (Wildman–Crippen LogP) is 4.08. The predicted molar refractivity (Wildman–Crippen MR) is 104 cm³/mol. The van der Waals surface area contributed by atoms with Crippen LogP contribution in [0.25, 0.3) is 11.3 Å². The number of halogens is 2. The van der Waals surface area contributed by atoms with Gasteiger partial charge in [-0.2, -0.15) is 0 Å². The zero-order valence-corrected chi connectivity index (χ0v) is 16.3. The molecule has 2 aromatic carbocycles. The van der Waals surface area contributed by atoms with Crippen LogP contribution in [0.2, 0.25) is 0 Å². The van der Waals surface area contributed by atoms with Gasteiger partial charge < -0.3 is 9.15 Å². The molecule has 0 aliphatic heterocycles. The Kier molecular flexibility index (Phi) is 6.10. The summed E-state index contributed by atoms with van der Waals surface area (Å²) in [4.78, 5) is 24.2. The molecule has 0 bridgehead atoms. The quantitative estimate of drug-likeness (QED) is 0.578. The van der Waals surface area contributed by atoms with Crippen LogP contribution in [0.1, 0.15) is 17.5 Å². The summed E-state index contributed by atoms with van der Waals surface area (Å²) in [6.45, 7) is 1.56. The third-order valence-electron chi connectivity index (χ3n) is 3.74. The zero-order chi connectivity index (χ0) is 20.1. The van der Waals surface area contributed by atoms with Crippen LogP contribution in [-0.2, 0) is 4.79 Å². The molecule has 28 heavy (non-hydrogen) atoms. The number of furan rings is 1. The molecule has 2 amide bonds. The number of amides is 2. The average molecular weight is 447 g/mol. The van der Waals surface area contributed by atoms with E-state index in [4.69, 9.17) is 9.15 Å². The van der Waals surface area contributed by atoms with Gasteiger partial charge in [0, 0.05) is 10.0 Å². The minimum atomic E-state index is -0.832. The summed E-state index contributed by atoms with van der Waals surface area (Å²) in [6.07, 6.45) is -0.832. The Hall–Kier alpha value is -3.13. The van der Waals surface area contributed by atoms with Gasteiger partial charge in [-0.3, -0.25) is 20.4 Å². The van der Waals surface area contributed by atoms with E-state index in [1.165, 1.54) is 18.2 Å². The fraction of sp³-hybridized carbons (Fsp3) is 0.100. The number of nitrogens with one attached hydrogen (secondary N) is 2. The van der Waals surface area contributed by atoms with Crippen LogP contribution in [0, 0.1) is 5.82 Å².